The van der Waals surface area contributed by atoms with Crippen molar-refractivity contribution in [3.8, 4) is 0 Å². The van der Waals surface area contributed by atoms with Gasteiger partial charge in [-0.1, -0.05) is 30.3 Å². The minimum atomic E-state index is 0.245. The molecule has 1 aromatic rings. The van der Waals surface area contributed by atoms with Crippen LogP contribution >= 0.6 is 0 Å². The van der Waals surface area contributed by atoms with E-state index in [2.05, 4.69) is 35.6 Å². The summed E-state index contributed by atoms with van der Waals surface area (Å²) in [6, 6.07) is 10.9. The maximum Gasteiger partial charge on any atom is 0.320 e. The van der Waals surface area contributed by atoms with Gasteiger partial charge in [-0.15, -0.1) is 0 Å². The molecule has 0 unspecified atom stereocenters. The van der Waals surface area contributed by atoms with Crippen LogP contribution in [0.1, 0.15) is 18.4 Å². The molecule has 2 fully saturated rings. The highest BCUT2D eigenvalue weighted by Crippen LogP contribution is 2.22. The number of rotatable bonds is 2. The standard InChI is InChI=1S/C17H25N3O/c21-17(20-12-8-18-9-13-20)19-10-6-16(7-11-19)14-15-4-2-1-3-5-15/h1-5,16,18H,6-14H2. The largest absolute Gasteiger partial charge is 0.325 e. The van der Waals surface area contributed by atoms with E-state index in [1.165, 1.54) is 5.56 Å². The Morgan fingerprint density at radius 2 is 1.62 bits per heavy atom. The molecule has 2 amide bonds. The van der Waals surface area contributed by atoms with Crippen LogP contribution in [0.15, 0.2) is 30.3 Å². The average Bonchev–Trinajstić information content (AvgIpc) is 2.57. The number of likely N-dealkylation sites (tertiary alicyclic amines) is 1. The Bertz CT molecular complexity index is 448. The van der Waals surface area contributed by atoms with E-state index in [9.17, 15) is 4.79 Å². The van der Waals surface area contributed by atoms with Gasteiger partial charge in [-0.05, 0) is 30.7 Å². The summed E-state index contributed by atoms with van der Waals surface area (Å²) in [4.78, 5) is 16.5. The average molecular weight is 287 g/mol. The molecule has 4 nitrogen and oxygen atoms in total. The molecule has 0 radical (unpaired) electrons. The van der Waals surface area contributed by atoms with E-state index in [4.69, 9.17) is 0 Å². The number of carbonyl (C=O) groups is 1. The summed E-state index contributed by atoms with van der Waals surface area (Å²) in [5, 5.41) is 3.29. The Labute approximate surface area is 127 Å². The van der Waals surface area contributed by atoms with E-state index in [-0.39, 0.29) is 6.03 Å². The van der Waals surface area contributed by atoms with E-state index >= 15 is 0 Å². The van der Waals surface area contributed by atoms with Gasteiger partial charge in [0.15, 0.2) is 0 Å². The molecule has 0 bridgehead atoms. The molecule has 0 saturated carbocycles. The number of benzene rings is 1. The molecule has 0 atom stereocenters. The highest BCUT2D eigenvalue weighted by atomic mass is 16.2. The zero-order chi connectivity index (χ0) is 14.5. The normalized spacial score (nSPS) is 20.6. The second-order valence-corrected chi connectivity index (χ2v) is 6.14. The second kappa shape index (κ2) is 6.94. The minimum Gasteiger partial charge on any atom is -0.325 e. The van der Waals surface area contributed by atoms with Crippen molar-refractivity contribution < 1.29 is 4.79 Å². The Balaban J connectivity index is 1.47. The SMILES string of the molecule is O=C(N1CCNCC1)N1CCC(Cc2ccccc2)CC1. The number of hydrogen-bond acceptors (Lipinski definition) is 2. The number of amides is 2. The van der Waals surface area contributed by atoms with Crippen molar-refractivity contribution in [1.29, 1.82) is 0 Å². The van der Waals surface area contributed by atoms with E-state index in [0.29, 0.717) is 0 Å². The molecule has 4 heteroatoms. The molecule has 2 aliphatic rings. The van der Waals surface area contributed by atoms with Crippen LogP contribution < -0.4 is 5.32 Å². The molecule has 2 aliphatic heterocycles. The fourth-order valence-corrected chi connectivity index (χ4v) is 3.33. The number of piperidine rings is 1. The van der Waals surface area contributed by atoms with Crippen LogP contribution in [-0.2, 0) is 6.42 Å². The first-order valence-corrected chi connectivity index (χ1v) is 8.11. The molecule has 2 saturated heterocycles. The first-order chi connectivity index (χ1) is 10.3. The number of nitrogens with one attached hydrogen (secondary N) is 1. The topological polar surface area (TPSA) is 35.6 Å². The second-order valence-electron chi connectivity index (χ2n) is 6.14. The Morgan fingerprint density at radius 1 is 1.00 bits per heavy atom. The van der Waals surface area contributed by atoms with Crippen LogP contribution in [0.25, 0.3) is 0 Å². The van der Waals surface area contributed by atoms with Gasteiger partial charge >= 0.3 is 6.03 Å². The maximum absolute atomic E-state index is 12.4. The van der Waals surface area contributed by atoms with E-state index in [1.54, 1.807) is 0 Å². The van der Waals surface area contributed by atoms with Gasteiger partial charge in [0, 0.05) is 39.3 Å². The lowest BCUT2D eigenvalue weighted by Crippen LogP contribution is -2.53. The third kappa shape index (κ3) is 3.76. The number of carbonyl (C=O) groups excluding carboxylic acids is 1. The molecule has 0 aliphatic carbocycles. The van der Waals surface area contributed by atoms with Gasteiger partial charge in [0.1, 0.15) is 0 Å². The molecule has 21 heavy (non-hydrogen) atoms. The molecule has 2 heterocycles. The third-order valence-electron chi connectivity index (χ3n) is 4.64. The zero-order valence-corrected chi connectivity index (χ0v) is 12.6. The summed E-state index contributed by atoms with van der Waals surface area (Å²) in [6.07, 6.45) is 3.41. The van der Waals surface area contributed by atoms with Gasteiger partial charge in [0.25, 0.3) is 0 Å². The first-order valence-electron chi connectivity index (χ1n) is 8.11. The van der Waals surface area contributed by atoms with E-state index in [0.717, 1.165) is 64.4 Å². The van der Waals surface area contributed by atoms with E-state index < -0.39 is 0 Å². The molecule has 0 aromatic heterocycles. The quantitative estimate of drug-likeness (QED) is 0.902. The van der Waals surface area contributed by atoms with Gasteiger partial charge in [-0.3, -0.25) is 0 Å². The highest BCUT2D eigenvalue weighted by Gasteiger charge is 2.26. The summed E-state index contributed by atoms with van der Waals surface area (Å²) >= 11 is 0. The van der Waals surface area contributed by atoms with Crippen LogP contribution in [-0.4, -0.2) is 55.1 Å². The molecule has 3 rings (SSSR count). The van der Waals surface area contributed by atoms with Crippen LogP contribution in [0.4, 0.5) is 4.79 Å². The fraction of sp³-hybridized carbons (Fsp3) is 0.588. The molecular weight excluding hydrogens is 262 g/mol. The number of piperazine rings is 1. The van der Waals surface area contributed by atoms with Gasteiger partial charge in [0.05, 0.1) is 0 Å². The van der Waals surface area contributed by atoms with Crippen LogP contribution in [0.3, 0.4) is 0 Å². The molecule has 1 aromatic carbocycles. The molecule has 0 spiro atoms. The van der Waals surface area contributed by atoms with Gasteiger partial charge < -0.3 is 15.1 Å². The summed E-state index contributed by atoms with van der Waals surface area (Å²) in [6.45, 7) is 5.39. The molecule has 1 N–H and O–H groups in total. The summed E-state index contributed by atoms with van der Waals surface area (Å²) in [5.41, 5.74) is 1.42. The highest BCUT2D eigenvalue weighted by molar-refractivity contribution is 5.74. The summed E-state index contributed by atoms with van der Waals surface area (Å²) < 4.78 is 0. The first kappa shape index (κ1) is 14.4. The predicted octanol–water partition coefficient (Wildman–Crippen LogP) is 1.97. The lowest BCUT2D eigenvalue weighted by Gasteiger charge is -2.37. The Morgan fingerprint density at radius 3 is 2.29 bits per heavy atom. The van der Waals surface area contributed by atoms with Crippen molar-refractivity contribution in [2.45, 2.75) is 19.3 Å². The maximum atomic E-state index is 12.4. The summed E-state index contributed by atoms with van der Waals surface area (Å²) in [7, 11) is 0. The van der Waals surface area contributed by atoms with Crippen molar-refractivity contribution in [2.24, 2.45) is 5.92 Å². The zero-order valence-electron chi connectivity index (χ0n) is 12.6. The van der Waals surface area contributed by atoms with Crippen LogP contribution in [0.5, 0.6) is 0 Å². The van der Waals surface area contributed by atoms with Crippen molar-refractivity contribution in [1.82, 2.24) is 15.1 Å². The minimum absolute atomic E-state index is 0.245. The Hall–Kier alpha value is -1.55. The summed E-state index contributed by atoms with van der Waals surface area (Å²) in [5.74, 6) is 0.722. The van der Waals surface area contributed by atoms with E-state index in [1.807, 2.05) is 9.80 Å². The Kier molecular flexibility index (Phi) is 4.76. The lowest BCUT2D eigenvalue weighted by molar-refractivity contribution is 0.127. The molecule has 114 valence electrons. The number of nitrogens with zero attached hydrogens (tertiary/aromatic N) is 2. The fourth-order valence-electron chi connectivity index (χ4n) is 3.33. The number of urea groups is 1. The van der Waals surface area contributed by atoms with Gasteiger partial charge in [-0.25, -0.2) is 4.79 Å². The van der Waals surface area contributed by atoms with Crippen molar-refractivity contribution in [3.05, 3.63) is 35.9 Å². The molecular formula is C17H25N3O. The van der Waals surface area contributed by atoms with Gasteiger partial charge in [0.2, 0.25) is 0 Å². The monoisotopic (exact) mass is 287 g/mol. The third-order valence-corrected chi connectivity index (χ3v) is 4.64. The van der Waals surface area contributed by atoms with Crippen molar-refractivity contribution in [2.75, 3.05) is 39.3 Å². The predicted molar refractivity (Wildman–Crippen MR) is 84.3 cm³/mol. The lowest BCUT2D eigenvalue weighted by atomic mass is 9.90. The van der Waals surface area contributed by atoms with Crippen LogP contribution in [0, 0.1) is 5.92 Å². The van der Waals surface area contributed by atoms with Crippen molar-refractivity contribution in [3.63, 3.8) is 0 Å². The smallest absolute Gasteiger partial charge is 0.320 e. The van der Waals surface area contributed by atoms with Crippen molar-refractivity contribution >= 4 is 6.03 Å². The number of hydrogen-bond donors (Lipinski definition) is 1. The van der Waals surface area contributed by atoms with Gasteiger partial charge in [-0.2, -0.15) is 0 Å². The van der Waals surface area contributed by atoms with Crippen LogP contribution in [0.2, 0.25) is 0 Å².